The highest BCUT2D eigenvalue weighted by atomic mass is 35.5. The van der Waals surface area contributed by atoms with Gasteiger partial charge in [-0.1, -0.05) is 23.7 Å². The molecular formula is C13H10ClF3N2O. The smallest absolute Gasteiger partial charge is 0.287 e. The molecule has 1 heterocycles. The van der Waals surface area contributed by atoms with Crippen LogP contribution < -0.4 is 0 Å². The van der Waals surface area contributed by atoms with E-state index in [0.717, 1.165) is 24.3 Å². The number of alkyl halides is 3. The van der Waals surface area contributed by atoms with Crippen LogP contribution in [-0.2, 0) is 12.7 Å². The number of benzene rings is 1. The van der Waals surface area contributed by atoms with Gasteiger partial charge in [0.25, 0.3) is 0 Å². The quantitative estimate of drug-likeness (QED) is 0.808. The fourth-order valence-corrected chi connectivity index (χ4v) is 2.00. The second-order valence-electron chi connectivity index (χ2n) is 4.06. The molecule has 106 valence electrons. The molecule has 7 heteroatoms. The van der Waals surface area contributed by atoms with Gasteiger partial charge in [0.2, 0.25) is 5.78 Å². The molecule has 0 amide bonds. The first kappa shape index (κ1) is 14.6. The van der Waals surface area contributed by atoms with Crippen LogP contribution in [0.15, 0.2) is 30.5 Å². The highest BCUT2D eigenvalue weighted by Crippen LogP contribution is 2.29. The predicted octanol–water partition coefficient (Wildman–Crippen LogP) is 3.81. The van der Waals surface area contributed by atoms with E-state index in [9.17, 15) is 18.0 Å². The van der Waals surface area contributed by atoms with E-state index >= 15 is 0 Å². The van der Waals surface area contributed by atoms with Crippen molar-refractivity contribution < 1.29 is 18.0 Å². The van der Waals surface area contributed by atoms with Gasteiger partial charge in [-0.2, -0.15) is 18.3 Å². The molecule has 2 rings (SSSR count). The first-order chi connectivity index (χ1) is 9.34. The van der Waals surface area contributed by atoms with Gasteiger partial charge in [0.15, 0.2) is 0 Å². The van der Waals surface area contributed by atoms with Gasteiger partial charge < -0.3 is 0 Å². The van der Waals surface area contributed by atoms with Crippen LogP contribution in [0.1, 0.15) is 28.5 Å². The summed E-state index contributed by atoms with van der Waals surface area (Å²) >= 11 is 5.89. The third-order valence-electron chi connectivity index (χ3n) is 2.78. The van der Waals surface area contributed by atoms with Crippen molar-refractivity contribution >= 4 is 17.4 Å². The van der Waals surface area contributed by atoms with Gasteiger partial charge in [0.1, 0.15) is 5.69 Å². The molecule has 0 aliphatic carbocycles. The molecule has 0 fully saturated rings. The number of ketones is 1. The second kappa shape index (κ2) is 5.28. The molecule has 0 radical (unpaired) electrons. The van der Waals surface area contributed by atoms with Crippen molar-refractivity contribution in [3.05, 3.63) is 52.3 Å². The minimum atomic E-state index is -4.43. The summed E-state index contributed by atoms with van der Waals surface area (Å²) in [7, 11) is 0. The van der Waals surface area contributed by atoms with E-state index in [1.54, 1.807) is 6.92 Å². The first-order valence-corrected chi connectivity index (χ1v) is 6.15. The SMILES string of the molecule is CCn1ncc(Cl)c1C(=O)c1ccc(C(F)(F)F)cc1. The lowest BCUT2D eigenvalue weighted by Crippen LogP contribution is -2.12. The van der Waals surface area contributed by atoms with E-state index < -0.39 is 17.5 Å². The fraction of sp³-hybridized carbons (Fsp3) is 0.231. The Hall–Kier alpha value is -1.82. The molecule has 0 aliphatic heterocycles. The van der Waals surface area contributed by atoms with Crippen LogP contribution in [-0.4, -0.2) is 15.6 Å². The van der Waals surface area contributed by atoms with Crippen LogP contribution in [0, 0.1) is 0 Å². The number of halogens is 4. The van der Waals surface area contributed by atoms with Crippen molar-refractivity contribution in [2.75, 3.05) is 0 Å². The van der Waals surface area contributed by atoms with Crippen LogP contribution in [0.25, 0.3) is 0 Å². The van der Waals surface area contributed by atoms with Crippen molar-refractivity contribution in [2.45, 2.75) is 19.6 Å². The zero-order valence-corrected chi connectivity index (χ0v) is 11.2. The summed E-state index contributed by atoms with van der Waals surface area (Å²) in [6.45, 7) is 2.22. The molecule has 0 saturated carbocycles. The Kier molecular flexibility index (Phi) is 3.85. The van der Waals surface area contributed by atoms with Crippen molar-refractivity contribution in [3.8, 4) is 0 Å². The Morgan fingerprint density at radius 2 is 1.90 bits per heavy atom. The number of nitrogens with zero attached hydrogens (tertiary/aromatic N) is 2. The largest absolute Gasteiger partial charge is 0.416 e. The van der Waals surface area contributed by atoms with Crippen LogP contribution in [0.2, 0.25) is 5.02 Å². The second-order valence-corrected chi connectivity index (χ2v) is 4.47. The average Bonchev–Trinajstić information content (AvgIpc) is 2.78. The van der Waals surface area contributed by atoms with Gasteiger partial charge in [0.05, 0.1) is 16.8 Å². The monoisotopic (exact) mass is 302 g/mol. The number of hydrogen-bond acceptors (Lipinski definition) is 2. The summed E-state index contributed by atoms with van der Waals surface area (Å²) in [6, 6.07) is 4.00. The summed E-state index contributed by atoms with van der Waals surface area (Å²) in [5.74, 6) is -0.455. The van der Waals surface area contributed by atoms with Gasteiger partial charge in [-0.3, -0.25) is 9.48 Å². The molecule has 0 unspecified atom stereocenters. The van der Waals surface area contributed by atoms with Crippen LogP contribution >= 0.6 is 11.6 Å². The Bertz CT molecular complexity index is 632. The number of aryl methyl sites for hydroxylation is 1. The Balaban J connectivity index is 2.37. The number of carbonyl (C=O) groups excluding carboxylic acids is 1. The predicted molar refractivity (Wildman–Crippen MR) is 67.8 cm³/mol. The minimum Gasteiger partial charge on any atom is -0.287 e. The molecule has 0 atom stereocenters. The van der Waals surface area contributed by atoms with Crippen LogP contribution in [0.3, 0.4) is 0 Å². The highest BCUT2D eigenvalue weighted by molar-refractivity contribution is 6.34. The van der Waals surface area contributed by atoms with E-state index in [1.165, 1.54) is 10.9 Å². The van der Waals surface area contributed by atoms with Gasteiger partial charge in [-0.25, -0.2) is 0 Å². The van der Waals surface area contributed by atoms with Gasteiger partial charge >= 0.3 is 6.18 Å². The first-order valence-electron chi connectivity index (χ1n) is 5.78. The number of hydrogen-bond donors (Lipinski definition) is 0. The maximum absolute atomic E-state index is 12.5. The molecule has 0 saturated heterocycles. The molecule has 1 aromatic carbocycles. The molecule has 2 aromatic rings. The molecule has 20 heavy (non-hydrogen) atoms. The summed E-state index contributed by atoms with van der Waals surface area (Å²) in [5.41, 5.74) is -0.492. The Morgan fingerprint density at radius 3 is 2.40 bits per heavy atom. The number of carbonyl (C=O) groups is 1. The summed E-state index contributed by atoms with van der Waals surface area (Å²) in [5, 5.41) is 4.10. The molecular weight excluding hydrogens is 293 g/mol. The van der Waals surface area contributed by atoms with Crippen molar-refractivity contribution in [2.24, 2.45) is 0 Å². The van der Waals surface area contributed by atoms with Gasteiger partial charge in [-0.15, -0.1) is 0 Å². The maximum Gasteiger partial charge on any atom is 0.416 e. The lowest BCUT2D eigenvalue weighted by Gasteiger charge is -2.08. The topological polar surface area (TPSA) is 34.9 Å². The molecule has 0 spiro atoms. The Labute approximate surface area is 118 Å². The fourth-order valence-electron chi connectivity index (χ4n) is 1.78. The van der Waals surface area contributed by atoms with Gasteiger partial charge in [-0.05, 0) is 19.1 Å². The minimum absolute atomic E-state index is 0.134. The van der Waals surface area contributed by atoms with Crippen LogP contribution in [0.4, 0.5) is 13.2 Å². The maximum atomic E-state index is 12.5. The van der Waals surface area contributed by atoms with E-state index in [1.807, 2.05) is 0 Å². The summed E-state index contributed by atoms with van der Waals surface area (Å²) in [4.78, 5) is 12.2. The molecule has 1 aromatic heterocycles. The lowest BCUT2D eigenvalue weighted by molar-refractivity contribution is -0.137. The van der Waals surface area contributed by atoms with Crippen LogP contribution in [0.5, 0.6) is 0 Å². The van der Waals surface area contributed by atoms with Crippen molar-refractivity contribution in [1.29, 1.82) is 0 Å². The molecule has 0 N–H and O–H groups in total. The third-order valence-corrected chi connectivity index (χ3v) is 3.06. The number of aromatic nitrogens is 2. The highest BCUT2D eigenvalue weighted by Gasteiger charge is 2.30. The van der Waals surface area contributed by atoms with E-state index in [-0.39, 0.29) is 16.3 Å². The van der Waals surface area contributed by atoms with Gasteiger partial charge in [0, 0.05) is 12.1 Å². The van der Waals surface area contributed by atoms with E-state index in [0.29, 0.717) is 6.54 Å². The lowest BCUT2D eigenvalue weighted by atomic mass is 10.1. The molecule has 0 aliphatic rings. The zero-order valence-electron chi connectivity index (χ0n) is 10.4. The molecule has 0 bridgehead atoms. The third kappa shape index (κ3) is 2.70. The zero-order chi connectivity index (χ0) is 14.9. The number of rotatable bonds is 3. The summed E-state index contributed by atoms with van der Waals surface area (Å²) < 4.78 is 38.8. The van der Waals surface area contributed by atoms with E-state index in [4.69, 9.17) is 11.6 Å². The van der Waals surface area contributed by atoms with E-state index in [2.05, 4.69) is 5.10 Å². The van der Waals surface area contributed by atoms with Crippen molar-refractivity contribution in [3.63, 3.8) is 0 Å². The standard InChI is InChI=1S/C13H10ClF3N2O/c1-2-19-11(10(14)7-18-19)12(20)8-3-5-9(6-4-8)13(15,16)17/h3-7H,2H2,1H3. The Morgan fingerprint density at radius 1 is 1.30 bits per heavy atom. The summed E-state index contributed by atoms with van der Waals surface area (Å²) in [6.07, 6.45) is -3.09. The molecule has 3 nitrogen and oxygen atoms in total. The van der Waals surface area contributed by atoms with Crippen molar-refractivity contribution in [1.82, 2.24) is 9.78 Å². The normalized spacial score (nSPS) is 11.7. The average molecular weight is 303 g/mol.